The number of rotatable bonds is 2. The molecule has 0 saturated heterocycles. The van der Waals surface area contributed by atoms with Gasteiger partial charge in [0.05, 0.1) is 0 Å². The van der Waals surface area contributed by atoms with Crippen LogP contribution in [0.25, 0.3) is 0 Å². The van der Waals surface area contributed by atoms with Gasteiger partial charge in [-0.05, 0) is 36.8 Å². The minimum absolute atomic E-state index is 0.0356. The number of nitrogens with zero attached hydrogens (tertiary/aromatic N) is 1. The van der Waals surface area contributed by atoms with Crippen LogP contribution in [0.1, 0.15) is 43.3 Å². The number of hydrogen-bond acceptors (Lipinski definition) is 2. The molecule has 4 heteroatoms. The molecule has 1 aromatic rings. The van der Waals surface area contributed by atoms with E-state index < -0.39 is 0 Å². The van der Waals surface area contributed by atoms with Crippen molar-refractivity contribution in [2.75, 3.05) is 7.05 Å². The van der Waals surface area contributed by atoms with Crippen molar-refractivity contribution in [1.82, 2.24) is 9.88 Å². The average molecular weight is 249 g/mol. The molecule has 1 heterocycles. The number of hydrogen-bond donors (Lipinski definition) is 2. The van der Waals surface area contributed by atoms with E-state index in [0.29, 0.717) is 6.54 Å². The van der Waals surface area contributed by atoms with Gasteiger partial charge in [0.1, 0.15) is 6.54 Å². The van der Waals surface area contributed by atoms with E-state index in [0.717, 1.165) is 18.5 Å². The van der Waals surface area contributed by atoms with Crippen LogP contribution >= 0.6 is 0 Å². The molecule has 0 fully saturated rings. The molecular formula is C14H23N3O. The van der Waals surface area contributed by atoms with Crippen LogP contribution in [0.2, 0.25) is 0 Å². The lowest BCUT2D eigenvalue weighted by molar-refractivity contribution is -0.121. The fourth-order valence-corrected chi connectivity index (χ4v) is 2.95. The van der Waals surface area contributed by atoms with Crippen molar-refractivity contribution < 1.29 is 4.79 Å². The van der Waals surface area contributed by atoms with Crippen molar-refractivity contribution in [3.05, 3.63) is 23.0 Å². The van der Waals surface area contributed by atoms with E-state index in [4.69, 9.17) is 5.73 Å². The predicted molar refractivity (Wildman–Crippen MR) is 72.3 cm³/mol. The van der Waals surface area contributed by atoms with Crippen LogP contribution in [0.3, 0.4) is 0 Å². The van der Waals surface area contributed by atoms with E-state index in [1.807, 2.05) is 6.92 Å². The summed E-state index contributed by atoms with van der Waals surface area (Å²) in [6.07, 6.45) is 1.99. The van der Waals surface area contributed by atoms with Crippen LogP contribution in [-0.2, 0) is 17.8 Å². The molecule has 1 aromatic heterocycles. The lowest BCUT2D eigenvalue weighted by atomic mass is 9.74. The number of carbonyl (C=O) groups is 1. The molecule has 0 bridgehead atoms. The number of aryl methyl sites for hydroxylation is 1. The Morgan fingerprint density at radius 1 is 1.61 bits per heavy atom. The second-order valence-electron chi connectivity index (χ2n) is 6.10. The summed E-state index contributed by atoms with van der Waals surface area (Å²) in [6, 6.07) is 2.23. The molecule has 1 aliphatic rings. The van der Waals surface area contributed by atoms with Crippen LogP contribution < -0.4 is 11.1 Å². The van der Waals surface area contributed by atoms with Crippen molar-refractivity contribution in [1.29, 1.82) is 0 Å². The Bertz CT molecular complexity index is 474. The fraction of sp³-hybridized carbons (Fsp3) is 0.643. The number of nitrogens with one attached hydrogen (secondary N) is 1. The van der Waals surface area contributed by atoms with Crippen LogP contribution in [0.15, 0.2) is 6.07 Å². The summed E-state index contributed by atoms with van der Waals surface area (Å²) in [5.41, 5.74) is 10.0. The highest BCUT2D eigenvalue weighted by atomic mass is 16.1. The first-order chi connectivity index (χ1) is 8.34. The van der Waals surface area contributed by atoms with Gasteiger partial charge in [-0.25, -0.2) is 0 Å². The van der Waals surface area contributed by atoms with Gasteiger partial charge in [0, 0.05) is 24.5 Å². The second-order valence-corrected chi connectivity index (χ2v) is 6.10. The summed E-state index contributed by atoms with van der Waals surface area (Å²) in [4.78, 5) is 11.6. The topological polar surface area (TPSA) is 60.0 Å². The van der Waals surface area contributed by atoms with E-state index in [1.165, 1.54) is 11.3 Å². The minimum atomic E-state index is 0.0356. The molecule has 1 atom stereocenters. The number of aromatic nitrogens is 1. The van der Waals surface area contributed by atoms with E-state index in [1.54, 1.807) is 7.05 Å². The molecule has 100 valence electrons. The lowest BCUT2D eigenvalue weighted by Crippen LogP contribution is -2.32. The second kappa shape index (κ2) is 4.43. The van der Waals surface area contributed by atoms with Gasteiger partial charge in [0.2, 0.25) is 5.91 Å². The monoisotopic (exact) mass is 249 g/mol. The molecule has 0 aliphatic heterocycles. The molecule has 0 aromatic carbocycles. The maximum absolute atomic E-state index is 11.6. The molecule has 2 rings (SSSR count). The van der Waals surface area contributed by atoms with E-state index in [9.17, 15) is 4.79 Å². The lowest BCUT2D eigenvalue weighted by Gasteiger charge is -2.34. The van der Waals surface area contributed by atoms with Gasteiger partial charge in [-0.3, -0.25) is 4.79 Å². The van der Waals surface area contributed by atoms with Crippen LogP contribution in [0, 0.1) is 12.3 Å². The molecule has 4 nitrogen and oxygen atoms in total. The Morgan fingerprint density at radius 3 is 2.89 bits per heavy atom. The zero-order chi connectivity index (χ0) is 13.5. The smallest absolute Gasteiger partial charge is 0.239 e. The maximum atomic E-state index is 11.6. The summed E-state index contributed by atoms with van der Waals surface area (Å²) in [5.74, 6) is 0.0356. The summed E-state index contributed by atoms with van der Waals surface area (Å²) in [5, 5.41) is 2.68. The summed E-state index contributed by atoms with van der Waals surface area (Å²) in [7, 11) is 1.67. The Hall–Kier alpha value is -1.29. The quantitative estimate of drug-likeness (QED) is 0.834. The number of fused-ring (bicyclic) bond motifs is 1. The highest BCUT2D eigenvalue weighted by Gasteiger charge is 2.33. The van der Waals surface area contributed by atoms with E-state index >= 15 is 0 Å². The highest BCUT2D eigenvalue weighted by Crippen LogP contribution is 2.40. The molecule has 1 aliphatic carbocycles. The first kappa shape index (κ1) is 13.1. The van der Waals surface area contributed by atoms with Crippen molar-refractivity contribution in [2.45, 2.75) is 46.2 Å². The van der Waals surface area contributed by atoms with Gasteiger partial charge in [0.15, 0.2) is 0 Å². The Labute approximate surface area is 109 Å². The average Bonchev–Trinajstić information content (AvgIpc) is 2.55. The van der Waals surface area contributed by atoms with Gasteiger partial charge >= 0.3 is 0 Å². The zero-order valence-electron chi connectivity index (χ0n) is 11.7. The maximum Gasteiger partial charge on any atom is 0.239 e. The molecule has 18 heavy (non-hydrogen) atoms. The van der Waals surface area contributed by atoms with Crippen LogP contribution in [0.4, 0.5) is 0 Å². The minimum Gasteiger partial charge on any atom is -0.358 e. The summed E-state index contributed by atoms with van der Waals surface area (Å²) >= 11 is 0. The third-order valence-electron chi connectivity index (χ3n) is 3.85. The normalized spacial score (nSPS) is 21.5. The molecule has 0 radical (unpaired) electrons. The molecule has 0 saturated carbocycles. The van der Waals surface area contributed by atoms with Gasteiger partial charge in [-0.15, -0.1) is 0 Å². The Balaban J connectivity index is 2.41. The number of amides is 1. The Kier molecular flexibility index (Phi) is 3.23. The predicted octanol–water partition coefficient (Wildman–Crippen LogP) is 1.51. The van der Waals surface area contributed by atoms with Crippen LogP contribution in [0.5, 0.6) is 0 Å². The Morgan fingerprint density at radius 2 is 2.28 bits per heavy atom. The third kappa shape index (κ3) is 2.29. The number of nitrogens with two attached hydrogens (primary N) is 1. The van der Waals surface area contributed by atoms with Crippen molar-refractivity contribution in [3.63, 3.8) is 0 Å². The van der Waals surface area contributed by atoms with Gasteiger partial charge in [0.25, 0.3) is 0 Å². The van der Waals surface area contributed by atoms with Gasteiger partial charge in [-0.2, -0.15) is 0 Å². The molecule has 0 spiro atoms. The molecular weight excluding hydrogens is 226 g/mol. The van der Waals surface area contributed by atoms with Gasteiger partial charge in [-0.1, -0.05) is 13.8 Å². The fourth-order valence-electron chi connectivity index (χ4n) is 2.95. The number of likely N-dealkylation sites (N-methyl/N-ethyl adjacent to an activating group) is 1. The first-order valence-corrected chi connectivity index (χ1v) is 6.49. The van der Waals surface area contributed by atoms with Gasteiger partial charge < -0.3 is 15.6 Å². The third-order valence-corrected chi connectivity index (χ3v) is 3.85. The molecule has 3 N–H and O–H groups in total. The first-order valence-electron chi connectivity index (χ1n) is 6.49. The van der Waals surface area contributed by atoms with E-state index in [2.05, 4.69) is 29.8 Å². The van der Waals surface area contributed by atoms with Crippen molar-refractivity contribution in [2.24, 2.45) is 11.1 Å². The molecule has 1 amide bonds. The largest absolute Gasteiger partial charge is 0.358 e. The van der Waals surface area contributed by atoms with E-state index in [-0.39, 0.29) is 17.4 Å². The zero-order valence-corrected chi connectivity index (χ0v) is 11.7. The summed E-state index contributed by atoms with van der Waals surface area (Å²) < 4.78 is 2.11. The summed E-state index contributed by atoms with van der Waals surface area (Å²) in [6.45, 7) is 6.91. The standard InChI is InChI=1S/C14H23N3O/c1-9-5-10-11(15)6-14(2,3)7-12(10)17(9)8-13(18)16-4/h5,11H,6-8,15H2,1-4H3,(H,16,18). The number of carbonyl (C=O) groups excluding carboxylic acids is 1. The van der Waals surface area contributed by atoms with Crippen LogP contribution in [-0.4, -0.2) is 17.5 Å². The highest BCUT2D eigenvalue weighted by molar-refractivity contribution is 5.75. The SMILES string of the molecule is CNC(=O)Cn1c(C)cc2c1CC(C)(C)CC2N. The van der Waals surface area contributed by atoms with Crippen molar-refractivity contribution in [3.8, 4) is 0 Å². The van der Waals surface area contributed by atoms with Crippen molar-refractivity contribution >= 4 is 5.91 Å². The molecule has 1 unspecified atom stereocenters.